The first-order valence-electron chi connectivity index (χ1n) is 10.2. The zero-order valence-electron chi connectivity index (χ0n) is 17.0. The van der Waals surface area contributed by atoms with Crippen LogP contribution in [-0.2, 0) is 12.8 Å². The third kappa shape index (κ3) is 4.09. The lowest BCUT2D eigenvalue weighted by Crippen LogP contribution is -1.98. The van der Waals surface area contributed by atoms with Gasteiger partial charge in [-0.05, 0) is 82.6 Å². The van der Waals surface area contributed by atoms with Gasteiger partial charge >= 0.3 is 0 Å². The highest BCUT2D eigenvalue weighted by atomic mass is 16.5. The normalized spacial score (nSPS) is 10.7. The van der Waals surface area contributed by atoms with Gasteiger partial charge in [0.05, 0.1) is 0 Å². The van der Waals surface area contributed by atoms with Gasteiger partial charge in [-0.1, -0.05) is 74.5 Å². The van der Waals surface area contributed by atoms with Gasteiger partial charge in [-0.25, -0.2) is 0 Å². The van der Waals surface area contributed by atoms with Crippen molar-refractivity contribution in [3.63, 3.8) is 0 Å². The van der Waals surface area contributed by atoms with Gasteiger partial charge in [0, 0.05) is 0 Å². The topological polar surface area (TPSA) is 9.23 Å². The van der Waals surface area contributed by atoms with Gasteiger partial charge in [-0.2, -0.15) is 0 Å². The smallest absolute Gasteiger partial charge is 0.127 e. The lowest BCUT2D eigenvalue weighted by Gasteiger charge is -2.18. The molecule has 0 N–H and O–H groups in total. The van der Waals surface area contributed by atoms with Crippen LogP contribution in [0.15, 0.2) is 91.0 Å². The van der Waals surface area contributed by atoms with Crippen LogP contribution >= 0.6 is 0 Å². The molecule has 0 fully saturated rings. The van der Waals surface area contributed by atoms with Crippen LogP contribution in [0.2, 0.25) is 0 Å². The Morgan fingerprint density at radius 1 is 0.655 bits per heavy atom. The number of hydrogen-bond acceptors (Lipinski definition) is 1. The summed E-state index contributed by atoms with van der Waals surface area (Å²) in [6, 6.07) is 34.6. The minimum absolute atomic E-state index is 0.839. The van der Waals surface area contributed by atoms with Crippen LogP contribution in [0, 0.1) is 6.07 Å². The van der Waals surface area contributed by atoms with Gasteiger partial charge in [-0.15, -0.1) is 0 Å². The van der Waals surface area contributed by atoms with Crippen LogP contribution < -0.4 is 4.74 Å². The fraction of sp³-hybridized carbons (Fsp3) is 0.143. The predicted octanol–water partition coefficient (Wildman–Crippen LogP) is 7.74. The maximum Gasteiger partial charge on any atom is 0.127 e. The van der Waals surface area contributed by atoms with E-state index in [1.54, 1.807) is 0 Å². The molecular weight excluding hydrogens is 352 g/mol. The van der Waals surface area contributed by atoms with Crippen LogP contribution in [0.3, 0.4) is 0 Å². The van der Waals surface area contributed by atoms with Crippen LogP contribution in [0.5, 0.6) is 11.5 Å². The Balaban J connectivity index is 1.76. The molecule has 0 unspecified atom stereocenters. The molecular formula is C28H25O. The number of rotatable bonds is 6. The molecule has 4 aromatic carbocycles. The summed E-state index contributed by atoms with van der Waals surface area (Å²) in [4.78, 5) is 0. The zero-order valence-corrected chi connectivity index (χ0v) is 17.0. The van der Waals surface area contributed by atoms with Crippen LogP contribution in [0.1, 0.15) is 25.0 Å². The Morgan fingerprint density at radius 2 is 1.28 bits per heavy atom. The first-order chi connectivity index (χ1) is 14.3. The Morgan fingerprint density at radius 3 is 1.90 bits per heavy atom. The van der Waals surface area contributed by atoms with E-state index in [1.165, 1.54) is 33.4 Å². The average molecular weight is 378 g/mol. The van der Waals surface area contributed by atoms with Crippen molar-refractivity contribution in [3.05, 3.63) is 108 Å². The molecule has 0 spiro atoms. The van der Waals surface area contributed by atoms with Crippen LogP contribution in [0.4, 0.5) is 0 Å². The highest BCUT2D eigenvalue weighted by Crippen LogP contribution is 2.38. The SMILES string of the molecule is CCc1[c]cc(-c2ccc(Oc3ccccc3)cc2)c(-c2ccccc2)c1CC. The number of benzene rings is 4. The predicted molar refractivity (Wildman–Crippen MR) is 121 cm³/mol. The maximum atomic E-state index is 5.96. The molecule has 0 amide bonds. The van der Waals surface area contributed by atoms with Crippen LogP contribution in [-0.4, -0.2) is 0 Å². The van der Waals surface area contributed by atoms with E-state index >= 15 is 0 Å². The lowest BCUT2D eigenvalue weighted by molar-refractivity contribution is 0.483. The molecule has 0 aliphatic carbocycles. The largest absolute Gasteiger partial charge is 0.457 e. The van der Waals surface area contributed by atoms with Gasteiger partial charge in [-0.3, -0.25) is 0 Å². The molecule has 4 rings (SSSR count). The summed E-state index contributed by atoms with van der Waals surface area (Å²) in [5, 5.41) is 0. The standard InChI is InChI=1S/C28H25O/c1-3-21-17-20-27(28(26(21)4-2)23-11-7-5-8-12-23)22-15-18-25(19-16-22)29-24-13-9-6-10-14-24/h5-16,18-20H,3-4H2,1-2H3. The Hall–Kier alpha value is -3.32. The molecule has 0 aromatic heterocycles. The Bertz CT molecular complexity index is 1060. The Labute approximate surface area is 173 Å². The molecule has 1 nitrogen and oxygen atoms in total. The van der Waals surface area contributed by atoms with Crippen molar-refractivity contribution in [1.82, 2.24) is 0 Å². The molecule has 0 bridgehead atoms. The molecule has 0 atom stereocenters. The van der Waals surface area contributed by atoms with Crippen molar-refractivity contribution in [2.45, 2.75) is 26.7 Å². The first kappa shape index (κ1) is 19.0. The molecule has 1 heteroatoms. The van der Waals surface area contributed by atoms with Crippen molar-refractivity contribution in [2.24, 2.45) is 0 Å². The second-order valence-corrected chi connectivity index (χ2v) is 7.05. The van der Waals surface area contributed by atoms with Gasteiger partial charge in [0.15, 0.2) is 0 Å². The van der Waals surface area contributed by atoms with Gasteiger partial charge < -0.3 is 4.74 Å². The van der Waals surface area contributed by atoms with E-state index < -0.39 is 0 Å². The van der Waals surface area contributed by atoms with E-state index in [0.717, 1.165) is 24.3 Å². The number of para-hydroxylation sites is 1. The molecule has 29 heavy (non-hydrogen) atoms. The summed E-state index contributed by atoms with van der Waals surface area (Å²) in [5.74, 6) is 1.69. The van der Waals surface area contributed by atoms with E-state index in [9.17, 15) is 0 Å². The molecule has 0 heterocycles. The quantitative estimate of drug-likeness (QED) is 0.334. The highest BCUT2D eigenvalue weighted by Gasteiger charge is 2.15. The zero-order chi connectivity index (χ0) is 20.1. The van der Waals surface area contributed by atoms with Crippen molar-refractivity contribution in [2.75, 3.05) is 0 Å². The van der Waals surface area contributed by atoms with E-state index in [4.69, 9.17) is 4.74 Å². The summed E-state index contributed by atoms with van der Waals surface area (Å²) >= 11 is 0. The highest BCUT2D eigenvalue weighted by molar-refractivity contribution is 5.86. The van der Waals surface area contributed by atoms with E-state index in [-0.39, 0.29) is 0 Å². The second-order valence-electron chi connectivity index (χ2n) is 7.05. The molecule has 0 aliphatic rings. The van der Waals surface area contributed by atoms with Crippen molar-refractivity contribution < 1.29 is 4.74 Å². The average Bonchev–Trinajstić information content (AvgIpc) is 2.80. The van der Waals surface area contributed by atoms with Gasteiger partial charge in [0.2, 0.25) is 0 Å². The molecule has 0 saturated heterocycles. The van der Waals surface area contributed by atoms with E-state index in [2.05, 4.69) is 68.4 Å². The Kier molecular flexibility index (Phi) is 5.76. The molecule has 0 aliphatic heterocycles. The fourth-order valence-corrected chi connectivity index (χ4v) is 3.83. The molecule has 143 valence electrons. The third-order valence-corrected chi connectivity index (χ3v) is 5.24. The number of hydrogen-bond donors (Lipinski definition) is 0. The van der Waals surface area contributed by atoms with Crippen molar-refractivity contribution in [3.8, 4) is 33.8 Å². The van der Waals surface area contributed by atoms with Crippen LogP contribution in [0.25, 0.3) is 22.3 Å². The van der Waals surface area contributed by atoms with Gasteiger partial charge in [0.1, 0.15) is 11.5 Å². The minimum atomic E-state index is 0.839. The maximum absolute atomic E-state index is 5.96. The molecule has 1 radical (unpaired) electrons. The van der Waals surface area contributed by atoms with Crippen molar-refractivity contribution >= 4 is 0 Å². The van der Waals surface area contributed by atoms with Gasteiger partial charge in [0.25, 0.3) is 0 Å². The summed E-state index contributed by atoms with van der Waals surface area (Å²) in [7, 11) is 0. The summed E-state index contributed by atoms with van der Waals surface area (Å²) in [5.41, 5.74) is 7.67. The molecule has 4 aromatic rings. The monoisotopic (exact) mass is 377 g/mol. The first-order valence-corrected chi connectivity index (χ1v) is 10.2. The third-order valence-electron chi connectivity index (χ3n) is 5.24. The number of ether oxygens (including phenoxy) is 1. The summed E-state index contributed by atoms with van der Waals surface area (Å²) in [6.07, 6.45) is 1.99. The van der Waals surface area contributed by atoms with E-state index in [0.29, 0.717) is 0 Å². The fourth-order valence-electron chi connectivity index (χ4n) is 3.83. The minimum Gasteiger partial charge on any atom is -0.457 e. The lowest BCUT2D eigenvalue weighted by atomic mass is 9.86. The summed E-state index contributed by atoms with van der Waals surface area (Å²) < 4.78 is 5.96. The summed E-state index contributed by atoms with van der Waals surface area (Å²) in [6.45, 7) is 4.44. The van der Waals surface area contributed by atoms with Crippen molar-refractivity contribution in [1.29, 1.82) is 0 Å². The second kappa shape index (κ2) is 8.79. The van der Waals surface area contributed by atoms with E-state index in [1.807, 2.05) is 42.5 Å². The number of aryl methyl sites for hydroxylation is 1. The molecule has 0 saturated carbocycles.